The van der Waals surface area contributed by atoms with Crippen LogP contribution in [-0.2, 0) is 16.0 Å². The number of hydrogen-bond acceptors (Lipinski definition) is 3. The lowest BCUT2D eigenvalue weighted by Crippen LogP contribution is -2.45. The van der Waals surface area contributed by atoms with E-state index < -0.39 is 6.04 Å². The zero-order valence-corrected chi connectivity index (χ0v) is 12.5. The molecular formula is C15H23N3O2. The van der Waals surface area contributed by atoms with Gasteiger partial charge in [0, 0.05) is 12.7 Å². The number of hydrogen-bond donors (Lipinski definition) is 3. The van der Waals surface area contributed by atoms with Crippen molar-refractivity contribution in [2.45, 2.75) is 33.2 Å². The molecule has 1 aromatic carbocycles. The van der Waals surface area contributed by atoms with Crippen molar-refractivity contribution in [1.29, 1.82) is 0 Å². The van der Waals surface area contributed by atoms with Gasteiger partial charge in [-0.3, -0.25) is 9.59 Å². The summed E-state index contributed by atoms with van der Waals surface area (Å²) in [6.45, 7) is 5.76. The lowest BCUT2D eigenvalue weighted by Gasteiger charge is -2.25. The van der Waals surface area contributed by atoms with Gasteiger partial charge in [-0.25, -0.2) is 0 Å². The van der Waals surface area contributed by atoms with Crippen LogP contribution >= 0.6 is 0 Å². The van der Waals surface area contributed by atoms with Gasteiger partial charge in [0.25, 0.3) is 0 Å². The van der Waals surface area contributed by atoms with E-state index in [1.54, 1.807) is 19.2 Å². The van der Waals surface area contributed by atoms with E-state index in [1.807, 2.05) is 32.9 Å². The number of nitrogens with two attached hydrogens (primary N) is 1. The largest absolute Gasteiger partial charge is 0.359 e. The molecule has 0 aliphatic carbocycles. The Balaban J connectivity index is 2.66. The van der Waals surface area contributed by atoms with Gasteiger partial charge in [0.1, 0.15) is 0 Å². The molecule has 1 atom stereocenters. The Labute approximate surface area is 119 Å². The minimum atomic E-state index is -0.576. The van der Waals surface area contributed by atoms with Crippen molar-refractivity contribution < 1.29 is 9.59 Å². The first-order chi connectivity index (χ1) is 9.24. The van der Waals surface area contributed by atoms with Crippen molar-refractivity contribution in [3.05, 3.63) is 29.8 Å². The van der Waals surface area contributed by atoms with E-state index >= 15 is 0 Å². The third-order valence-electron chi connectivity index (χ3n) is 3.08. The fraction of sp³-hybridized carbons (Fsp3) is 0.467. The molecule has 1 rings (SSSR count). The number of rotatable bonds is 4. The first-order valence-electron chi connectivity index (χ1n) is 6.60. The summed E-state index contributed by atoms with van der Waals surface area (Å²) in [6.07, 6.45) is 0.326. The zero-order chi connectivity index (χ0) is 15.3. The summed E-state index contributed by atoms with van der Waals surface area (Å²) in [5, 5.41) is 5.34. The predicted molar refractivity (Wildman–Crippen MR) is 80.3 cm³/mol. The normalized spacial score (nSPS) is 12.7. The number of nitrogens with one attached hydrogen (secondary N) is 2. The Kier molecular flexibility index (Phi) is 5.27. The third-order valence-corrected chi connectivity index (χ3v) is 3.08. The quantitative estimate of drug-likeness (QED) is 0.775. The summed E-state index contributed by atoms with van der Waals surface area (Å²) in [5.74, 6) is -0.256. The van der Waals surface area contributed by atoms with Crippen molar-refractivity contribution in [1.82, 2.24) is 5.32 Å². The van der Waals surface area contributed by atoms with Gasteiger partial charge in [-0.2, -0.15) is 0 Å². The molecule has 0 radical (unpaired) electrons. The Hall–Kier alpha value is -1.88. The van der Waals surface area contributed by atoms with E-state index in [2.05, 4.69) is 10.6 Å². The van der Waals surface area contributed by atoms with Crippen LogP contribution in [0, 0.1) is 5.41 Å². The van der Waals surface area contributed by atoms with Gasteiger partial charge in [-0.05, 0) is 23.1 Å². The van der Waals surface area contributed by atoms with E-state index in [4.69, 9.17) is 5.73 Å². The molecule has 0 unspecified atom stereocenters. The molecule has 0 saturated carbocycles. The highest BCUT2D eigenvalue weighted by Gasteiger charge is 2.27. The molecule has 0 saturated heterocycles. The summed E-state index contributed by atoms with van der Waals surface area (Å²) in [7, 11) is 1.60. The van der Waals surface area contributed by atoms with Gasteiger partial charge >= 0.3 is 0 Å². The molecule has 0 aromatic heterocycles. The molecule has 0 spiro atoms. The predicted octanol–water partition coefficient (Wildman–Crippen LogP) is 1.29. The van der Waals surface area contributed by atoms with Crippen LogP contribution in [0.4, 0.5) is 5.69 Å². The van der Waals surface area contributed by atoms with Crippen molar-refractivity contribution >= 4 is 17.5 Å². The smallest absolute Gasteiger partial charge is 0.241 e. The maximum atomic E-state index is 12.0. The van der Waals surface area contributed by atoms with E-state index in [0.717, 1.165) is 5.56 Å². The molecule has 4 N–H and O–H groups in total. The second kappa shape index (κ2) is 6.52. The molecule has 1 aromatic rings. The van der Waals surface area contributed by atoms with Crippen LogP contribution in [0.2, 0.25) is 0 Å². The molecule has 0 fully saturated rings. The van der Waals surface area contributed by atoms with Crippen LogP contribution in [0.15, 0.2) is 24.3 Å². The van der Waals surface area contributed by atoms with Crippen molar-refractivity contribution in [2.24, 2.45) is 11.1 Å². The first kappa shape index (κ1) is 16.2. The second-order valence-electron chi connectivity index (χ2n) is 5.88. The first-order valence-corrected chi connectivity index (χ1v) is 6.60. The van der Waals surface area contributed by atoms with Crippen LogP contribution in [0.3, 0.4) is 0 Å². The fourth-order valence-corrected chi connectivity index (χ4v) is 1.59. The minimum Gasteiger partial charge on any atom is -0.359 e. The highest BCUT2D eigenvalue weighted by Crippen LogP contribution is 2.19. The third kappa shape index (κ3) is 4.66. The maximum Gasteiger partial charge on any atom is 0.241 e. The van der Waals surface area contributed by atoms with Gasteiger partial charge in [-0.1, -0.05) is 32.9 Å². The van der Waals surface area contributed by atoms with Gasteiger partial charge in [-0.15, -0.1) is 0 Å². The Bertz CT molecular complexity index is 475. The molecule has 2 amide bonds. The zero-order valence-electron chi connectivity index (χ0n) is 12.5. The molecule has 0 bridgehead atoms. The molecule has 0 heterocycles. The van der Waals surface area contributed by atoms with Crippen molar-refractivity contribution in [2.75, 3.05) is 12.4 Å². The summed E-state index contributed by atoms with van der Waals surface area (Å²) >= 11 is 0. The Morgan fingerprint density at radius 3 is 2.20 bits per heavy atom. The van der Waals surface area contributed by atoms with Gasteiger partial charge in [0.2, 0.25) is 11.8 Å². The lowest BCUT2D eigenvalue weighted by atomic mass is 9.87. The van der Waals surface area contributed by atoms with Gasteiger partial charge in [0.15, 0.2) is 0 Å². The molecule has 0 aliphatic rings. The number of carbonyl (C=O) groups excluding carboxylic acids is 2. The standard InChI is InChI=1S/C15H23N3O2/c1-15(2,3)13(16)14(20)18-11-7-5-10(6-8-11)9-12(19)17-4/h5-8,13H,9,16H2,1-4H3,(H,17,19)(H,18,20)/t13-/m0/s1. The van der Waals surface area contributed by atoms with Crippen LogP contribution in [0.1, 0.15) is 26.3 Å². The van der Waals surface area contributed by atoms with Crippen molar-refractivity contribution in [3.8, 4) is 0 Å². The highest BCUT2D eigenvalue weighted by atomic mass is 16.2. The Morgan fingerprint density at radius 1 is 1.20 bits per heavy atom. The van der Waals surface area contributed by atoms with Crippen LogP contribution < -0.4 is 16.4 Å². The topological polar surface area (TPSA) is 84.2 Å². The number of amides is 2. The van der Waals surface area contributed by atoms with Crippen LogP contribution in [0.5, 0.6) is 0 Å². The highest BCUT2D eigenvalue weighted by molar-refractivity contribution is 5.95. The summed E-state index contributed by atoms with van der Waals surface area (Å²) in [5.41, 5.74) is 7.17. The van der Waals surface area contributed by atoms with E-state index in [1.165, 1.54) is 0 Å². The van der Waals surface area contributed by atoms with E-state index in [9.17, 15) is 9.59 Å². The molecule has 5 nitrogen and oxygen atoms in total. The molecular weight excluding hydrogens is 254 g/mol. The van der Waals surface area contributed by atoms with E-state index in [-0.39, 0.29) is 17.2 Å². The number of carbonyl (C=O) groups is 2. The van der Waals surface area contributed by atoms with Gasteiger partial charge in [0.05, 0.1) is 12.5 Å². The summed E-state index contributed by atoms with van der Waals surface area (Å²) in [6, 6.07) is 6.59. The Morgan fingerprint density at radius 2 is 1.75 bits per heavy atom. The summed E-state index contributed by atoms with van der Waals surface area (Å²) < 4.78 is 0. The SMILES string of the molecule is CNC(=O)Cc1ccc(NC(=O)[C@H](N)C(C)(C)C)cc1. The maximum absolute atomic E-state index is 12.0. The average Bonchev–Trinajstić information content (AvgIpc) is 2.38. The second-order valence-corrected chi connectivity index (χ2v) is 5.88. The van der Waals surface area contributed by atoms with E-state index in [0.29, 0.717) is 12.1 Å². The van der Waals surface area contributed by atoms with Gasteiger partial charge < -0.3 is 16.4 Å². The fourth-order valence-electron chi connectivity index (χ4n) is 1.59. The molecule has 5 heteroatoms. The average molecular weight is 277 g/mol. The molecule has 110 valence electrons. The van der Waals surface area contributed by atoms with Crippen LogP contribution in [0.25, 0.3) is 0 Å². The number of anilines is 1. The number of benzene rings is 1. The minimum absolute atomic E-state index is 0.0449. The van der Waals surface area contributed by atoms with Crippen molar-refractivity contribution in [3.63, 3.8) is 0 Å². The number of likely N-dealkylation sites (N-methyl/N-ethyl adjacent to an activating group) is 1. The van der Waals surface area contributed by atoms with Crippen LogP contribution in [-0.4, -0.2) is 24.9 Å². The summed E-state index contributed by atoms with van der Waals surface area (Å²) in [4.78, 5) is 23.2. The molecule has 20 heavy (non-hydrogen) atoms. The molecule has 0 aliphatic heterocycles. The monoisotopic (exact) mass is 277 g/mol. The lowest BCUT2D eigenvalue weighted by molar-refractivity contribution is -0.120.